The molecule has 0 unspecified atom stereocenters. The predicted molar refractivity (Wildman–Crippen MR) is 68.2 cm³/mol. The van der Waals surface area contributed by atoms with Gasteiger partial charge in [-0.15, -0.1) is 10.2 Å². The summed E-state index contributed by atoms with van der Waals surface area (Å²) in [6.45, 7) is 4.55. The van der Waals surface area contributed by atoms with Crippen LogP contribution in [0.15, 0.2) is 22.7 Å². The molecule has 0 radical (unpaired) electrons. The average Bonchev–Trinajstić information content (AvgIpc) is 2.78. The maximum atomic E-state index is 5.75. The van der Waals surface area contributed by atoms with Crippen molar-refractivity contribution in [3.05, 3.63) is 40.8 Å². The first kappa shape index (κ1) is 13.0. The van der Waals surface area contributed by atoms with E-state index in [4.69, 9.17) is 16.0 Å². The highest BCUT2D eigenvalue weighted by Crippen LogP contribution is 2.19. The van der Waals surface area contributed by atoms with Crippen molar-refractivity contribution < 1.29 is 4.42 Å². The molecule has 5 nitrogen and oxygen atoms in total. The van der Waals surface area contributed by atoms with Crippen LogP contribution in [0.4, 0.5) is 0 Å². The van der Waals surface area contributed by atoms with Crippen molar-refractivity contribution >= 4 is 11.6 Å². The van der Waals surface area contributed by atoms with E-state index >= 15 is 0 Å². The van der Waals surface area contributed by atoms with Crippen molar-refractivity contribution in [2.24, 2.45) is 0 Å². The molecule has 2 heterocycles. The van der Waals surface area contributed by atoms with Gasteiger partial charge in [0.25, 0.3) is 0 Å². The predicted octanol–water partition coefficient (Wildman–Crippen LogP) is 2.62. The van der Waals surface area contributed by atoms with E-state index in [1.807, 2.05) is 20.0 Å². The molecule has 1 atom stereocenters. The van der Waals surface area contributed by atoms with E-state index in [1.54, 1.807) is 19.2 Å². The van der Waals surface area contributed by atoms with Crippen LogP contribution in [0.3, 0.4) is 0 Å². The van der Waals surface area contributed by atoms with E-state index in [0.717, 1.165) is 12.1 Å². The molecule has 6 heteroatoms. The number of hydrogen-bond acceptors (Lipinski definition) is 5. The lowest BCUT2D eigenvalue weighted by molar-refractivity contribution is 0.215. The number of nitrogens with zero attached hydrogens (tertiary/aromatic N) is 4. The van der Waals surface area contributed by atoms with Gasteiger partial charge in [-0.2, -0.15) is 0 Å². The minimum atomic E-state index is 0.0573. The van der Waals surface area contributed by atoms with Gasteiger partial charge in [0, 0.05) is 19.7 Å². The Balaban J connectivity index is 2.03. The van der Waals surface area contributed by atoms with Crippen LogP contribution in [0, 0.1) is 6.92 Å². The zero-order chi connectivity index (χ0) is 13.1. The minimum absolute atomic E-state index is 0.0573. The van der Waals surface area contributed by atoms with Crippen LogP contribution in [0.25, 0.3) is 0 Å². The molecule has 2 aromatic rings. The highest BCUT2D eigenvalue weighted by atomic mass is 35.5. The Morgan fingerprint density at radius 2 is 2.17 bits per heavy atom. The molecule has 0 N–H and O–H groups in total. The summed E-state index contributed by atoms with van der Waals surface area (Å²) >= 11 is 5.75. The molecule has 0 amide bonds. The van der Waals surface area contributed by atoms with E-state index < -0.39 is 0 Å². The maximum absolute atomic E-state index is 5.75. The number of pyridine rings is 1. The fraction of sp³-hybridized carbons (Fsp3) is 0.417. The molecular weight excluding hydrogens is 252 g/mol. The van der Waals surface area contributed by atoms with Crippen molar-refractivity contribution in [1.82, 2.24) is 20.1 Å². The molecule has 96 valence electrons. The van der Waals surface area contributed by atoms with Gasteiger partial charge in [-0.25, -0.2) is 4.98 Å². The van der Waals surface area contributed by atoms with Gasteiger partial charge in [0.05, 0.1) is 6.04 Å². The molecule has 0 saturated carbocycles. The number of aryl methyl sites for hydroxylation is 1. The van der Waals surface area contributed by atoms with Crippen molar-refractivity contribution in [2.75, 3.05) is 7.05 Å². The fourth-order valence-corrected chi connectivity index (χ4v) is 1.71. The molecule has 0 aromatic carbocycles. The first-order valence-electron chi connectivity index (χ1n) is 5.67. The molecule has 18 heavy (non-hydrogen) atoms. The average molecular weight is 267 g/mol. The van der Waals surface area contributed by atoms with Crippen LogP contribution in [0.5, 0.6) is 0 Å². The highest BCUT2D eigenvalue weighted by Gasteiger charge is 2.17. The van der Waals surface area contributed by atoms with Crippen LogP contribution in [-0.4, -0.2) is 27.1 Å². The van der Waals surface area contributed by atoms with Crippen LogP contribution in [-0.2, 0) is 6.54 Å². The van der Waals surface area contributed by atoms with Gasteiger partial charge >= 0.3 is 0 Å². The molecule has 0 spiro atoms. The Bertz CT molecular complexity index is 511. The molecule has 0 aliphatic carbocycles. The first-order valence-corrected chi connectivity index (χ1v) is 6.04. The van der Waals surface area contributed by atoms with Crippen LogP contribution in [0.2, 0.25) is 5.15 Å². The topological polar surface area (TPSA) is 55.1 Å². The Kier molecular flexibility index (Phi) is 3.93. The van der Waals surface area contributed by atoms with Crippen molar-refractivity contribution in [2.45, 2.75) is 26.4 Å². The smallest absolute Gasteiger partial charge is 0.233 e. The summed E-state index contributed by atoms with van der Waals surface area (Å²) in [5.74, 6) is 1.20. The van der Waals surface area contributed by atoms with Crippen LogP contribution >= 0.6 is 11.6 Å². The van der Waals surface area contributed by atoms with E-state index in [-0.39, 0.29) is 6.04 Å². The lowest BCUT2D eigenvalue weighted by Gasteiger charge is -2.21. The summed E-state index contributed by atoms with van der Waals surface area (Å²) in [6, 6.07) is 3.80. The second kappa shape index (κ2) is 5.46. The van der Waals surface area contributed by atoms with Gasteiger partial charge < -0.3 is 4.42 Å². The second-order valence-electron chi connectivity index (χ2n) is 4.24. The minimum Gasteiger partial charge on any atom is -0.424 e. The van der Waals surface area contributed by atoms with Crippen LogP contribution < -0.4 is 0 Å². The number of hydrogen-bond donors (Lipinski definition) is 0. The molecular formula is C12H15ClN4O. The standard InChI is InChI=1S/C12H15ClN4O/c1-8(12-16-15-9(2)18-12)17(3)7-10-4-5-11(13)14-6-10/h4-6,8H,7H2,1-3H3/t8-/m0/s1. The maximum Gasteiger partial charge on any atom is 0.233 e. The molecule has 0 aliphatic heterocycles. The Morgan fingerprint density at radius 1 is 1.39 bits per heavy atom. The summed E-state index contributed by atoms with van der Waals surface area (Å²) in [7, 11) is 2.00. The molecule has 2 rings (SSSR count). The van der Waals surface area contributed by atoms with Gasteiger partial charge in [0.2, 0.25) is 11.8 Å². The van der Waals surface area contributed by atoms with E-state index in [0.29, 0.717) is 16.9 Å². The summed E-state index contributed by atoms with van der Waals surface area (Å²) in [4.78, 5) is 6.16. The Labute approximate surface area is 111 Å². The van der Waals surface area contributed by atoms with E-state index in [9.17, 15) is 0 Å². The van der Waals surface area contributed by atoms with Crippen LogP contribution in [0.1, 0.15) is 30.3 Å². The van der Waals surface area contributed by atoms with Gasteiger partial charge in [-0.05, 0) is 25.6 Å². The second-order valence-corrected chi connectivity index (χ2v) is 4.63. The third-order valence-corrected chi connectivity index (χ3v) is 3.00. The Hall–Kier alpha value is -1.46. The van der Waals surface area contributed by atoms with Gasteiger partial charge in [0.15, 0.2) is 0 Å². The largest absolute Gasteiger partial charge is 0.424 e. The van der Waals surface area contributed by atoms with Crippen molar-refractivity contribution in [3.63, 3.8) is 0 Å². The monoisotopic (exact) mass is 266 g/mol. The van der Waals surface area contributed by atoms with Crippen molar-refractivity contribution in [3.8, 4) is 0 Å². The van der Waals surface area contributed by atoms with E-state index in [2.05, 4.69) is 20.1 Å². The highest BCUT2D eigenvalue weighted by molar-refractivity contribution is 6.29. The molecule has 0 aliphatic rings. The summed E-state index contributed by atoms with van der Waals surface area (Å²) in [6.07, 6.45) is 1.77. The quantitative estimate of drug-likeness (QED) is 0.796. The molecule has 0 fully saturated rings. The SMILES string of the molecule is Cc1nnc([C@H](C)N(C)Cc2ccc(Cl)nc2)o1. The third-order valence-electron chi connectivity index (χ3n) is 2.78. The first-order chi connectivity index (χ1) is 8.56. The lowest BCUT2D eigenvalue weighted by Crippen LogP contribution is -2.22. The summed E-state index contributed by atoms with van der Waals surface area (Å²) < 4.78 is 5.42. The Morgan fingerprint density at radius 3 is 2.72 bits per heavy atom. The van der Waals surface area contributed by atoms with Gasteiger partial charge in [0.1, 0.15) is 5.15 Å². The number of aromatic nitrogens is 3. The van der Waals surface area contributed by atoms with Gasteiger partial charge in [-0.1, -0.05) is 17.7 Å². The fourth-order valence-electron chi connectivity index (χ4n) is 1.59. The van der Waals surface area contributed by atoms with Gasteiger partial charge in [-0.3, -0.25) is 4.90 Å². The third kappa shape index (κ3) is 3.05. The van der Waals surface area contributed by atoms with E-state index in [1.165, 1.54) is 0 Å². The summed E-state index contributed by atoms with van der Waals surface area (Å²) in [5, 5.41) is 8.36. The molecule has 0 bridgehead atoms. The van der Waals surface area contributed by atoms with Crippen molar-refractivity contribution in [1.29, 1.82) is 0 Å². The zero-order valence-electron chi connectivity index (χ0n) is 10.6. The number of rotatable bonds is 4. The zero-order valence-corrected chi connectivity index (χ0v) is 11.3. The number of halogens is 1. The normalized spacial score (nSPS) is 12.9. The molecule has 0 saturated heterocycles. The molecule has 2 aromatic heterocycles. The summed E-state index contributed by atoms with van der Waals surface area (Å²) in [5.41, 5.74) is 1.09. The lowest BCUT2D eigenvalue weighted by atomic mass is 10.2.